The summed E-state index contributed by atoms with van der Waals surface area (Å²) in [5, 5.41) is 18.1. The van der Waals surface area contributed by atoms with E-state index in [2.05, 4.69) is 86.0 Å². The highest BCUT2D eigenvalue weighted by Gasteiger charge is 2.39. The number of hydrogen-bond acceptors (Lipinski definition) is 4. The molecule has 7 heteroatoms. The summed E-state index contributed by atoms with van der Waals surface area (Å²) in [7, 11) is 0. The Kier molecular flexibility index (Phi) is 8.59. The molecule has 194 valence electrons. The number of nitrogens with one attached hydrogen (secondary N) is 1. The van der Waals surface area contributed by atoms with Gasteiger partial charge in [0.05, 0.1) is 13.4 Å². The molecule has 0 radical (unpaired) electrons. The molecule has 0 bridgehead atoms. The molecular weight excluding hydrogens is 714 g/mol. The fraction of sp³-hybridized carbons (Fsp3) is 0.0625. The Morgan fingerprint density at radius 1 is 0.795 bits per heavy atom. The van der Waals surface area contributed by atoms with Crippen molar-refractivity contribution in [3.63, 3.8) is 0 Å². The number of aliphatic hydroxyl groups is 1. The van der Waals surface area contributed by atoms with Gasteiger partial charge in [-0.25, -0.2) is 5.43 Å². The predicted octanol–water partition coefficient (Wildman–Crippen LogP) is 7.01. The standard InChI is InChI=1S/C32H24I2N2O3/c33-28-18-23(19-29(34)30(28)39-21-22-15-16-24-9-7-8-10-25(24)17-22)20-35-36-31(37)32(38,26-11-3-1-4-12-26)27-13-5-2-6-14-27/h1-20,38H,21H2,(H,36,37)/b35-20+. The Morgan fingerprint density at radius 3 is 1.97 bits per heavy atom. The summed E-state index contributed by atoms with van der Waals surface area (Å²) in [6.45, 7) is 0.456. The number of ether oxygens (including phenoxy) is 1. The summed E-state index contributed by atoms with van der Waals surface area (Å²) in [5.74, 6) is 0.156. The molecule has 0 saturated heterocycles. The molecule has 0 atom stereocenters. The zero-order valence-electron chi connectivity index (χ0n) is 20.7. The molecule has 2 N–H and O–H groups in total. The van der Waals surface area contributed by atoms with Crippen LogP contribution in [-0.2, 0) is 17.0 Å². The quantitative estimate of drug-likeness (QED) is 0.102. The molecule has 0 aliphatic rings. The van der Waals surface area contributed by atoms with Crippen LogP contribution in [0.1, 0.15) is 22.3 Å². The van der Waals surface area contributed by atoms with E-state index < -0.39 is 11.5 Å². The van der Waals surface area contributed by atoms with Gasteiger partial charge in [-0.2, -0.15) is 5.10 Å². The summed E-state index contributed by atoms with van der Waals surface area (Å²) in [5.41, 5.74) is 3.45. The number of carbonyl (C=O) groups excluding carboxylic acids is 1. The average molecular weight is 738 g/mol. The highest BCUT2D eigenvalue weighted by molar-refractivity contribution is 14.1. The Bertz CT molecular complexity index is 1580. The maximum atomic E-state index is 13.2. The van der Waals surface area contributed by atoms with Crippen molar-refractivity contribution in [1.82, 2.24) is 5.43 Å². The van der Waals surface area contributed by atoms with Crippen LogP contribution >= 0.6 is 45.2 Å². The second kappa shape index (κ2) is 12.3. The lowest BCUT2D eigenvalue weighted by Gasteiger charge is -2.27. The van der Waals surface area contributed by atoms with Gasteiger partial charge in [0.2, 0.25) is 0 Å². The van der Waals surface area contributed by atoms with Gasteiger partial charge in [-0.15, -0.1) is 0 Å². The summed E-state index contributed by atoms with van der Waals surface area (Å²) >= 11 is 4.49. The summed E-state index contributed by atoms with van der Waals surface area (Å²) in [6.07, 6.45) is 1.56. The third-order valence-corrected chi connectivity index (χ3v) is 7.91. The SMILES string of the molecule is O=C(N/N=C/c1cc(I)c(OCc2ccc3ccccc3c2)c(I)c1)C(O)(c1ccccc1)c1ccccc1. The van der Waals surface area contributed by atoms with Crippen LogP contribution < -0.4 is 10.2 Å². The van der Waals surface area contributed by atoms with Crippen LogP contribution in [0.5, 0.6) is 5.75 Å². The van der Waals surface area contributed by atoms with Crippen LogP contribution in [0.15, 0.2) is 120 Å². The lowest BCUT2D eigenvalue weighted by atomic mass is 9.85. The van der Waals surface area contributed by atoms with Crippen molar-refractivity contribution < 1.29 is 14.6 Å². The number of hydrogen-bond donors (Lipinski definition) is 2. The average Bonchev–Trinajstić information content (AvgIpc) is 2.97. The van der Waals surface area contributed by atoms with Gasteiger partial charge in [0.15, 0.2) is 5.60 Å². The van der Waals surface area contributed by atoms with Crippen LogP contribution in [0.4, 0.5) is 0 Å². The molecule has 0 aliphatic heterocycles. The first kappa shape index (κ1) is 27.3. The summed E-state index contributed by atoms with van der Waals surface area (Å²) < 4.78 is 8.04. The minimum atomic E-state index is -1.89. The van der Waals surface area contributed by atoms with Crippen LogP contribution in [0, 0.1) is 7.14 Å². The highest BCUT2D eigenvalue weighted by Crippen LogP contribution is 2.31. The Hall–Kier alpha value is -3.28. The van der Waals surface area contributed by atoms with Crippen molar-refractivity contribution in [3.8, 4) is 5.75 Å². The monoisotopic (exact) mass is 738 g/mol. The predicted molar refractivity (Wildman–Crippen MR) is 172 cm³/mol. The first-order chi connectivity index (χ1) is 18.9. The molecule has 5 nitrogen and oxygen atoms in total. The van der Waals surface area contributed by atoms with Crippen molar-refractivity contribution in [2.45, 2.75) is 12.2 Å². The molecular formula is C32H24I2N2O3. The van der Waals surface area contributed by atoms with Gasteiger partial charge in [0.25, 0.3) is 5.91 Å². The second-order valence-electron chi connectivity index (χ2n) is 8.93. The highest BCUT2D eigenvalue weighted by atomic mass is 127. The zero-order valence-corrected chi connectivity index (χ0v) is 25.0. The normalized spacial score (nSPS) is 11.6. The first-order valence-electron chi connectivity index (χ1n) is 12.2. The van der Waals surface area contributed by atoms with Crippen LogP contribution in [0.3, 0.4) is 0 Å². The maximum Gasteiger partial charge on any atom is 0.281 e. The van der Waals surface area contributed by atoms with Crippen molar-refractivity contribution in [2.24, 2.45) is 5.10 Å². The number of fused-ring (bicyclic) bond motifs is 1. The van der Waals surface area contributed by atoms with E-state index in [4.69, 9.17) is 4.74 Å². The number of hydrazone groups is 1. The van der Waals surface area contributed by atoms with Gasteiger partial charge in [-0.05, 0) is 96.4 Å². The molecule has 39 heavy (non-hydrogen) atoms. The summed E-state index contributed by atoms with van der Waals surface area (Å²) in [4.78, 5) is 13.2. The smallest absolute Gasteiger partial charge is 0.281 e. The number of halogens is 2. The van der Waals surface area contributed by atoms with E-state index in [1.54, 1.807) is 54.7 Å². The van der Waals surface area contributed by atoms with Gasteiger partial charge in [-0.3, -0.25) is 4.79 Å². The fourth-order valence-electron chi connectivity index (χ4n) is 4.31. The van der Waals surface area contributed by atoms with Crippen LogP contribution in [-0.4, -0.2) is 17.2 Å². The second-order valence-corrected chi connectivity index (χ2v) is 11.2. The summed E-state index contributed by atoms with van der Waals surface area (Å²) in [6, 6.07) is 36.2. The van der Waals surface area contributed by atoms with E-state index in [1.807, 2.05) is 36.4 Å². The first-order valence-corrected chi connectivity index (χ1v) is 14.4. The van der Waals surface area contributed by atoms with Gasteiger partial charge in [0.1, 0.15) is 12.4 Å². The molecule has 0 unspecified atom stereocenters. The number of carbonyl (C=O) groups is 1. The topological polar surface area (TPSA) is 70.9 Å². The molecule has 5 aromatic carbocycles. The third-order valence-electron chi connectivity index (χ3n) is 6.31. The molecule has 0 heterocycles. The fourth-order valence-corrected chi connectivity index (χ4v) is 6.44. The van der Waals surface area contributed by atoms with Crippen LogP contribution in [0.25, 0.3) is 10.8 Å². The van der Waals surface area contributed by atoms with E-state index in [0.717, 1.165) is 24.0 Å². The van der Waals surface area contributed by atoms with Gasteiger partial charge >= 0.3 is 0 Å². The minimum absolute atomic E-state index is 0.456. The van der Waals surface area contributed by atoms with Gasteiger partial charge < -0.3 is 9.84 Å². The van der Waals surface area contributed by atoms with Gasteiger partial charge in [-0.1, -0.05) is 97.1 Å². The Labute approximate surface area is 254 Å². The Morgan fingerprint density at radius 2 is 1.36 bits per heavy atom. The molecule has 0 aromatic heterocycles. The zero-order chi connectivity index (χ0) is 27.2. The molecule has 0 saturated carbocycles. The number of amides is 1. The number of rotatable bonds is 8. The maximum absolute atomic E-state index is 13.2. The van der Waals surface area contributed by atoms with E-state index in [0.29, 0.717) is 17.7 Å². The van der Waals surface area contributed by atoms with E-state index in [1.165, 1.54) is 10.8 Å². The van der Waals surface area contributed by atoms with E-state index in [9.17, 15) is 9.90 Å². The number of benzene rings is 5. The van der Waals surface area contributed by atoms with Crippen molar-refractivity contribution >= 4 is 68.1 Å². The molecule has 5 aromatic rings. The lowest BCUT2D eigenvalue weighted by molar-refractivity contribution is -0.136. The molecule has 0 aliphatic carbocycles. The van der Waals surface area contributed by atoms with Crippen molar-refractivity contribution in [1.29, 1.82) is 0 Å². The van der Waals surface area contributed by atoms with E-state index >= 15 is 0 Å². The van der Waals surface area contributed by atoms with Crippen molar-refractivity contribution in [2.75, 3.05) is 0 Å². The van der Waals surface area contributed by atoms with Crippen molar-refractivity contribution in [3.05, 3.63) is 145 Å². The molecule has 1 amide bonds. The lowest BCUT2D eigenvalue weighted by Crippen LogP contribution is -2.43. The van der Waals surface area contributed by atoms with E-state index in [-0.39, 0.29) is 0 Å². The Balaban J connectivity index is 1.30. The molecule has 0 fully saturated rings. The largest absolute Gasteiger partial charge is 0.487 e. The molecule has 5 rings (SSSR count). The molecule has 0 spiro atoms. The third kappa shape index (κ3) is 6.15. The number of nitrogens with zero attached hydrogens (tertiary/aromatic N) is 1. The van der Waals surface area contributed by atoms with Crippen LogP contribution in [0.2, 0.25) is 0 Å². The minimum Gasteiger partial charge on any atom is -0.487 e. The van der Waals surface area contributed by atoms with Gasteiger partial charge in [0, 0.05) is 0 Å².